The lowest BCUT2D eigenvalue weighted by molar-refractivity contribution is -0.122. The van der Waals surface area contributed by atoms with E-state index in [2.05, 4.69) is 0 Å². The first-order chi connectivity index (χ1) is 18.9. The number of imide groups is 1. The Kier molecular flexibility index (Phi) is 6.40. The van der Waals surface area contributed by atoms with E-state index in [1.165, 1.54) is 16.2 Å². The molecule has 1 saturated heterocycles. The summed E-state index contributed by atoms with van der Waals surface area (Å²) in [5.41, 5.74) is 3.64. The first kappa shape index (κ1) is 24.9. The van der Waals surface area contributed by atoms with Crippen molar-refractivity contribution >= 4 is 51.5 Å². The van der Waals surface area contributed by atoms with Gasteiger partial charge in [0.2, 0.25) is 17.6 Å². The van der Waals surface area contributed by atoms with E-state index in [9.17, 15) is 19.2 Å². The Hall–Kier alpha value is -4.43. The summed E-state index contributed by atoms with van der Waals surface area (Å²) < 4.78 is 5.41. The number of aryl methyl sites for hydroxylation is 1. The number of pyridine rings is 1. The molecule has 0 N–H and O–H groups in total. The average molecular weight is 537 g/mol. The van der Waals surface area contributed by atoms with Crippen molar-refractivity contribution < 1.29 is 23.9 Å². The monoisotopic (exact) mass is 536 g/mol. The third kappa shape index (κ3) is 4.57. The van der Waals surface area contributed by atoms with Crippen LogP contribution in [-0.2, 0) is 14.3 Å². The van der Waals surface area contributed by atoms with Gasteiger partial charge in [-0.3, -0.25) is 19.3 Å². The van der Waals surface area contributed by atoms with Crippen LogP contribution in [0.2, 0.25) is 0 Å². The maximum atomic E-state index is 13.2. The molecule has 2 aromatic carbocycles. The number of anilines is 1. The van der Waals surface area contributed by atoms with Crippen molar-refractivity contribution in [3.8, 4) is 11.3 Å². The molecular formula is C31H24N2O5S. The summed E-state index contributed by atoms with van der Waals surface area (Å²) >= 11 is 1.30. The van der Waals surface area contributed by atoms with E-state index in [1.54, 1.807) is 47.8 Å². The van der Waals surface area contributed by atoms with Crippen LogP contribution in [0.1, 0.15) is 38.4 Å². The van der Waals surface area contributed by atoms with Gasteiger partial charge in [-0.15, -0.1) is 11.3 Å². The number of Topliss-reactive ketones (excluding diaryl/α,β-unsaturated/α-hetero) is 1. The quantitative estimate of drug-likeness (QED) is 0.134. The van der Waals surface area contributed by atoms with Gasteiger partial charge in [0.1, 0.15) is 0 Å². The highest BCUT2D eigenvalue weighted by atomic mass is 32.1. The standard InChI is InChI=1S/C31H24N2O5S/c1-18-8-13-25-23(15-18)24(31(37)38-17-27(34)28-7-4-14-39-28)16-26(32-25)19-9-11-20(12-10-19)33-29(35)21-5-2-3-6-22(21)30(33)36/h2-4,7-16,21-22H,5-6,17H2,1H3/t21-,22-/m1/s1. The highest BCUT2D eigenvalue weighted by Gasteiger charge is 2.47. The van der Waals surface area contributed by atoms with Crippen LogP contribution in [0, 0.1) is 18.8 Å². The van der Waals surface area contributed by atoms with E-state index < -0.39 is 5.97 Å². The third-order valence-electron chi connectivity index (χ3n) is 7.24. The number of hydrogen-bond donors (Lipinski definition) is 0. The molecule has 2 aliphatic rings. The summed E-state index contributed by atoms with van der Waals surface area (Å²) in [6.45, 7) is 1.57. The van der Waals surface area contributed by atoms with E-state index in [1.807, 2.05) is 37.3 Å². The molecule has 8 heteroatoms. The van der Waals surface area contributed by atoms with Gasteiger partial charge in [-0.1, -0.05) is 42.0 Å². The minimum atomic E-state index is -0.611. The van der Waals surface area contributed by atoms with Crippen molar-refractivity contribution in [1.29, 1.82) is 0 Å². The van der Waals surface area contributed by atoms with Crippen molar-refractivity contribution in [2.24, 2.45) is 11.8 Å². The Morgan fingerprint density at radius 2 is 1.69 bits per heavy atom. The smallest absolute Gasteiger partial charge is 0.339 e. The van der Waals surface area contributed by atoms with Crippen molar-refractivity contribution in [1.82, 2.24) is 4.98 Å². The molecule has 194 valence electrons. The Bertz CT molecular complexity index is 1630. The van der Waals surface area contributed by atoms with Crippen LogP contribution in [0.25, 0.3) is 22.2 Å². The van der Waals surface area contributed by atoms with Crippen molar-refractivity contribution in [3.05, 3.63) is 94.2 Å². The number of rotatable bonds is 6. The van der Waals surface area contributed by atoms with Gasteiger partial charge in [-0.25, -0.2) is 9.78 Å². The molecule has 2 atom stereocenters. The van der Waals surface area contributed by atoms with E-state index in [4.69, 9.17) is 9.72 Å². The average Bonchev–Trinajstić information content (AvgIpc) is 3.58. The Labute approximate surface area is 228 Å². The Morgan fingerprint density at radius 3 is 2.36 bits per heavy atom. The number of ketones is 1. The molecular weight excluding hydrogens is 512 g/mol. The maximum absolute atomic E-state index is 13.2. The van der Waals surface area contributed by atoms with Crippen LogP contribution in [0.15, 0.2) is 78.2 Å². The first-order valence-corrected chi connectivity index (χ1v) is 13.6. The normalized spacial score (nSPS) is 18.4. The van der Waals surface area contributed by atoms with Gasteiger partial charge >= 0.3 is 5.97 Å². The number of ether oxygens (including phenoxy) is 1. The van der Waals surface area contributed by atoms with Gasteiger partial charge in [0.15, 0.2) is 6.61 Å². The van der Waals surface area contributed by atoms with E-state index in [0.29, 0.717) is 51.1 Å². The molecule has 3 heterocycles. The van der Waals surface area contributed by atoms with Gasteiger partial charge < -0.3 is 4.74 Å². The molecule has 39 heavy (non-hydrogen) atoms. The number of hydrogen-bond acceptors (Lipinski definition) is 7. The summed E-state index contributed by atoms with van der Waals surface area (Å²) in [5, 5.41) is 2.43. The predicted octanol–water partition coefficient (Wildman–Crippen LogP) is 5.77. The van der Waals surface area contributed by atoms with E-state index in [0.717, 1.165) is 5.56 Å². The number of nitrogens with zero attached hydrogens (tertiary/aromatic N) is 2. The second-order valence-corrected chi connectivity index (χ2v) is 10.7. The molecule has 1 fully saturated rings. The predicted molar refractivity (Wildman–Crippen MR) is 149 cm³/mol. The van der Waals surface area contributed by atoms with Crippen molar-refractivity contribution in [3.63, 3.8) is 0 Å². The van der Waals surface area contributed by atoms with Gasteiger partial charge in [0.05, 0.1) is 39.2 Å². The maximum Gasteiger partial charge on any atom is 0.339 e. The molecule has 0 unspecified atom stereocenters. The zero-order valence-electron chi connectivity index (χ0n) is 21.1. The number of aromatic nitrogens is 1. The second-order valence-electron chi connectivity index (χ2n) is 9.77. The zero-order chi connectivity index (χ0) is 27.1. The van der Waals surface area contributed by atoms with Crippen LogP contribution in [-0.4, -0.2) is 35.2 Å². The molecule has 0 spiro atoms. The summed E-state index contributed by atoms with van der Waals surface area (Å²) in [6, 6.07) is 17.8. The number of fused-ring (bicyclic) bond motifs is 2. The highest BCUT2D eigenvalue weighted by molar-refractivity contribution is 7.12. The second kappa shape index (κ2) is 10.0. The Morgan fingerprint density at radius 1 is 0.974 bits per heavy atom. The minimum absolute atomic E-state index is 0.163. The van der Waals surface area contributed by atoms with Crippen molar-refractivity contribution in [2.75, 3.05) is 11.5 Å². The molecule has 4 aromatic rings. The molecule has 2 amide bonds. The minimum Gasteiger partial charge on any atom is -0.454 e. The van der Waals surface area contributed by atoms with Gasteiger partial charge in [-0.05, 0) is 61.5 Å². The molecule has 0 radical (unpaired) electrons. The number of amides is 2. The number of allylic oxidation sites excluding steroid dienone is 2. The molecule has 0 saturated carbocycles. The van der Waals surface area contributed by atoms with Crippen LogP contribution >= 0.6 is 11.3 Å². The Balaban J connectivity index is 1.30. The van der Waals surface area contributed by atoms with Gasteiger partial charge in [-0.2, -0.15) is 0 Å². The molecule has 0 bridgehead atoms. The highest BCUT2D eigenvalue weighted by Crippen LogP contribution is 2.38. The van der Waals surface area contributed by atoms with Crippen LogP contribution in [0.5, 0.6) is 0 Å². The summed E-state index contributed by atoms with van der Waals surface area (Å²) in [6.07, 6.45) is 5.10. The van der Waals surface area contributed by atoms with Gasteiger partial charge in [0.25, 0.3) is 0 Å². The van der Waals surface area contributed by atoms with Crippen LogP contribution < -0.4 is 4.90 Å². The summed E-state index contributed by atoms with van der Waals surface area (Å²) in [5.74, 6) is -1.79. The first-order valence-electron chi connectivity index (χ1n) is 12.7. The third-order valence-corrected chi connectivity index (χ3v) is 8.15. The van der Waals surface area contributed by atoms with E-state index >= 15 is 0 Å². The largest absolute Gasteiger partial charge is 0.454 e. The number of carbonyl (C=O) groups is 4. The number of thiophene rings is 1. The summed E-state index contributed by atoms with van der Waals surface area (Å²) in [7, 11) is 0. The van der Waals surface area contributed by atoms with Crippen molar-refractivity contribution in [2.45, 2.75) is 19.8 Å². The lowest BCUT2D eigenvalue weighted by Gasteiger charge is -2.15. The zero-order valence-corrected chi connectivity index (χ0v) is 21.9. The lowest BCUT2D eigenvalue weighted by atomic mass is 9.85. The summed E-state index contributed by atoms with van der Waals surface area (Å²) in [4.78, 5) is 58.1. The molecule has 1 aliphatic heterocycles. The number of esters is 1. The molecule has 1 aliphatic carbocycles. The SMILES string of the molecule is Cc1ccc2nc(-c3ccc(N4C(=O)[C@@H]5CC=CC[C@H]5C4=O)cc3)cc(C(=O)OCC(=O)c3cccs3)c2c1. The number of carbonyl (C=O) groups excluding carboxylic acids is 4. The topological polar surface area (TPSA) is 93.6 Å². The molecule has 6 rings (SSSR count). The van der Waals surface area contributed by atoms with Crippen LogP contribution in [0.3, 0.4) is 0 Å². The van der Waals surface area contributed by atoms with E-state index in [-0.39, 0.29) is 36.0 Å². The fourth-order valence-corrected chi connectivity index (χ4v) is 5.86. The fraction of sp³-hybridized carbons (Fsp3) is 0.194. The lowest BCUT2D eigenvalue weighted by Crippen LogP contribution is -2.30. The van der Waals surface area contributed by atoms with Crippen LogP contribution in [0.4, 0.5) is 5.69 Å². The fourth-order valence-electron chi connectivity index (χ4n) is 5.21. The number of benzene rings is 2. The molecule has 2 aromatic heterocycles. The molecule has 7 nitrogen and oxygen atoms in total. The van der Waals surface area contributed by atoms with Gasteiger partial charge in [0, 0.05) is 10.9 Å².